The normalized spacial score (nSPS) is 12.0. The molecule has 1 aromatic heterocycles. The molecule has 0 aromatic carbocycles. The first-order valence-electron chi connectivity index (χ1n) is 4.44. The smallest absolute Gasteiger partial charge is 0.437 e. The van der Waals surface area contributed by atoms with E-state index < -0.39 is 29.7 Å². The molecular formula is C9H9F5N2O. The van der Waals surface area contributed by atoms with Crippen LogP contribution in [0.4, 0.5) is 22.0 Å². The monoisotopic (exact) mass is 256 g/mol. The Hall–Kier alpha value is -1.44. The van der Waals surface area contributed by atoms with Gasteiger partial charge in [-0.25, -0.2) is 13.8 Å². The number of nitrogens with zero attached hydrogens (tertiary/aromatic N) is 1. The van der Waals surface area contributed by atoms with Gasteiger partial charge in [-0.3, -0.25) is 0 Å². The number of halogens is 5. The van der Waals surface area contributed by atoms with Crippen molar-refractivity contribution in [1.82, 2.24) is 4.98 Å². The fourth-order valence-electron chi connectivity index (χ4n) is 1.29. The number of alkyl halides is 5. The van der Waals surface area contributed by atoms with Gasteiger partial charge in [-0.1, -0.05) is 0 Å². The molecule has 0 aliphatic rings. The second-order valence-corrected chi connectivity index (χ2v) is 3.09. The largest absolute Gasteiger partial charge is 0.494 e. The maximum atomic E-state index is 12.6. The zero-order chi connectivity index (χ0) is 13.2. The minimum atomic E-state index is -4.87. The summed E-state index contributed by atoms with van der Waals surface area (Å²) in [5.74, 6) is -0.621. The molecular weight excluding hydrogens is 247 g/mol. The molecule has 8 heteroatoms. The molecule has 0 radical (unpaired) electrons. The average molecular weight is 256 g/mol. The maximum Gasteiger partial charge on any atom is 0.437 e. The van der Waals surface area contributed by atoms with Gasteiger partial charge in [0.15, 0.2) is 11.4 Å². The van der Waals surface area contributed by atoms with Crippen molar-refractivity contribution in [3.63, 3.8) is 0 Å². The van der Waals surface area contributed by atoms with Crippen LogP contribution < -0.4 is 10.5 Å². The SMILES string of the molecule is COc1c(CN)cc(C(F)F)nc1C(F)(F)F. The average Bonchev–Trinajstić information content (AvgIpc) is 2.25. The molecule has 2 N–H and O–H groups in total. The van der Waals surface area contributed by atoms with Crippen molar-refractivity contribution in [2.45, 2.75) is 19.1 Å². The third-order valence-corrected chi connectivity index (χ3v) is 1.99. The molecule has 0 amide bonds. The van der Waals surface area contributed by atoms with Crippen molar-refractivity contribution >= 4 is 0 Å². The molecule has 0 aliphatic heterocycles. The van der Waals surface area contributed by atoms with Crippen LogP contribution in [0.3, 0.4) is 0 Å². The van der Waals surface area contributed by atoms with Crippen LogP contribution in [-0.2, 0) is 12.7 Å². The molecule has 0 atom stereocenters. The number of aromatic nitrogens is 1. The standard InChI is InChI=1S/C9H9F5N2O/c1-17-6-4(3-15)2-5(8(10)11)16-7(6)9(12,13)14/h2,8H,3,15H2,1H3. The molecule has 0 saturated carbocycles. The van der Waals surface area contributed by atoms with Gasteiger partial charge in [0, 0.05) is 12.1 Å². The van der Waals surface area contributed by atoms with Gasteiger partial charge in [0.25, 0.3) is 6.43 Å². The van der Waals surface area contributed by atoms with Gasteiger partial charge in [-0.15, -0.1) is 0 Å². The van der Waals surface area contributed by atoms with Crippen LogP contribution in [0, 0.1) is 0 Å². The third kappa shape index (κ3) is 2.82. The summed E-state index contributed by atoms with van der Waals surface area (Å²) in [6.07, 6.45) is -7.98. The third-order valence-electron chi connectivity index (χ3n) is 1.99. The highest BCUT2D eigenvalue weighted by Gasteiger charge is 2.38. The lowest BCUT2D eigenvalue weighted by Gasteiger charge is -2.15. The zero-order valence-corrected chi connectivity index (χ0v) is 8.68. The molecule has 3 nitrogen and oxygen atoms in total. The minimum Gasteiger partial charge on any atom is -0.494 e. The highest BCUT2D eigenvalue weighted by molar-refractivity contribution is 5.40. The predicted molar refractivity (Wildman–Crippen MR) is 48.6 cm³/mol. The first-order valence-corrected chi connectivity index (χ1v) is 4.44. The summed E-state index contributed by atoms with van der Waals surface area (Å²) in [7, 11) is 0.994. The summed E-state index contributed by atoms with van der Waals surface area (Å²) in [5.41, 5.74) is 2.56. The van der Waals surface area contributed by atoms with Crippen molar-refractivity contribution < 1.29 is 26.7 Å². The summed E-state index contributed by atoms with van der Waals surface area (Å²) in [4.78, 5) is 2.87. The van der Waals surface area contributed by atoms with Gasteiger partial charge >= 0.3 is 6.18 Å². The zero-order valence-electron chi connectivity index (χ0n) is 8.68. The Kier molecular flexibility index (Phi) is 3.87. The lowest BCUT2D eigenvalue weighted by atomic mass is 10.1. The van der Waals surface area contributed by atoms with E-state index in [9.17, 15) is 22.0 Å². The van der Waals surface area contributed by atoms with E-state index in [1.165, 1.54) is 0 Å². The molecule has 1 rings (SSSR count). The molecule has 1 heterocycles. The fourth-order valence-corrected chi connectivity index (χ4v) is 1.29. The fraction of sp³-hybridized carbons (Fsp3) is 0.444. The van der Waals surface area contributed by atoms with Crippen molar-refractivity contribution in [2.24, 2.45) is 5.73 Å². The van der Waals surface area contributed by atoms with E-state index in [0.29, 0.717) is 0 Å². The van der Waals surface area contributed by atoms with Crippen molar-refractivity contribution in [3.8, 4) is 5.75 Å². The first kappa shape index (κ1) is 13.6. The second-order valence-electron chi connectivity index (χ2n) is 3.09. The van der Waals surface area contributed by atoms with E-state index in [1.54, 1.807) is 0 Å². The Morgan fingerprint density at radius 3 is 2.35 bits per heavy atom. The molecule has 96 valence electrons. The Balaban J connectivity index is 3.48. The highest BCUT2D eigenvalue weighted by Crippen LogP contribution is 2.38. The molecule has 0 spiro atoms. The number of pyridine rings is 1. The van der Waals surface area contributed by atoms with E-state index in [1.807, 2.05) is 0 Å². The number of hydrogen-bond acceptors (Lipinski definition) is 3. The van der Waals surface area contributed by atoms with Gasteiger partial charge in [0.05, 0.1) is 7.11 Å². The van der Waals surface area contributed by atoms with Gasteiger partial charge in [0.2, 0.25) is 0 Å². The van der Waals surface area contributed by atoms with E-state index >= 15 is 0 Å². The summed E-state index contributed by atoms with van der Waals surface area (Å²) in [5, 5.41) is 0. The first-order chi connectivity index (χ1) is 7.81. The van der Waals surface area contributed by atoms with Crippen molar-refractivity contribution in [3.05, 3.63) is 23.0 Å². The number of ether oxygens (including phenoxy) is 1. The summed E-state index contributed by atoms with van der Waals surface area (Å²) in [6, 6.07) is 0.804. The topological polar surface area (TPSA) is 48.1 Å². The lowest BCUT2D eigenvalue weighted by Crippen LogP contribution is -2.15. The maximum absolute atomic E-state index is 12.6. The number of hydrogen-bond donors (Lipinski definition) is 1. The minimum absolute atomic E-state index is 0.162. The van der Waals surface area contributed by atoms with Crippen molar-refractivity contribution in [1.29, 1.82) is 0 Å². The second kappa shape index (κ2) is 4.82. The highest BCUT2D eigenvalue weighted by atomic mass is 19.4. The van der Waals surface area contributed by atoms with E-state index in [0.717, 1.165) is 13.2 Å². The molecule has 17 heavy (non-hydrogen) atoms. The van der Waals surface area contributed by atoms with Crippen LogP contribution in [0.2, 0.25) is 0 Å². The Bertz CT molecular complexity index is 405. The van der Waals surface area contributed by atoms with E-state index in [2.05, 4.69) is 9.72 Å². The van der Waals surface area contributed by atoms with Gasteiger partial charge in [-0.05, 0) is 6.07 Å². The quantitative estimate of drug-likeness (QED) is 0.845. The molecule has 0 bridgehead atoms. The van der Waals surface area contributed by atoms with Crippen molar-refractivity contribution in [2.75, 3.05) is 7.11 Å². The molecule has 0 aliphatic carbocycles. The van der Waals surface area contributed by atoms with Crippen LogP contribution in [0.1, 0.15) is 23.4 Å². The van der Waals surface area contributed by atoms with E-state index in [4.69, 9.17) is 5.73 Å². The Labute approximate surface area is 93.4 Å². The number of nitrogens with two attached hydrogens (primary N) is 1. The van der Waals surface area contributed by atoms with Gasteiger partial charge < -0.3 is 10.5 Å². The number of rotatable bonds is 3. The summed E-state index contributed by atoms with van der Waals surface area (Å²) >= 11 is 0. The molecule has 0 fully saturated rings. The van der Waals surface area contributed by atoms with Crippen LogP contribution >= 0.6 is 0 Å². The van der Waals surface area contributed by atoms with Gasteiger partial charge in [0.1, 0.15) is 5.69 Å². The molecule has 0 saturated heterocycles. The molecule has 1 aromatic rings. The van der Waals surface area contributed by atoms with Crippen LogP contribution in [-0.4, -0.2) is 12.1 Å². The predicted octanol–water partition coefficient (Wildman–Crippen LogP) is 2.51. The van der Waals surface area contributed by atoms with Crippen LogP contribution in [0.5, 0.6) is 5.75 Å². The lowest BCUT2D eigenvalue weighted by molar-refractivity contribution is -0.142. The Morgan fingerprint density at radius 2 is 2.00 bits per heavy atom. The summed E-state index contributed by atoms with van der Waals surface area (Å²) < 4.78 is 67.0. The van der Waals surface area contributed by atoms with Gasteiger partial charge in [-0.2, -0.15) is 13.2 Å². The molecule has 0 unspecified atom stereocenters. The van der Waals surface area contributed by atoms with Crippen LogP contribution in [0.25, 0.3) is 0 Å². The number of methoxy groups -OCH3 is 1. The van der Waals surface area contributed by atoms with E-state index in [-0.39, 0.29) is 12.1 Å². The van der Waals surface area contributed by atoms with Crippen LogP contribution in [0.15, 0.2) is 6.07 Å². The Morgan fingerprint density at radius 1 is 1.41 bits per heavy atom. The summed E-state index contributed by atoms with van der Waals surface area (Å²) in [6.45, 7) is -0.353.